The van der Waals surface area contributed by atoms with Crippen LogP contribution in [0.1, 0.15) is 17.4 Å². The van der Waals surface area contributed by atoms with Gasteiger partial charge in [0.15, 0.2) is 0 Å². The predicted molar refractivity (Wildman–Crippen MR) is 73.5 cm³/mol. The molecule has 1 saturated heterocycles. The van der Waals surface area contributed by atoms with Gasteiger partial charge in [0.1, 0.15) is 6.61 Å². The van der Waals surface area contributed by atoms with E-state index in [1.165, 1.54) is 4.88 Å². The van der Waals surface area contributed by atoms with Gasteiger partial charge in [-0.15, -0.1) is 11.3 Å². The van der Waals surface area contributed by atoms with Gasteiger partial charge in [0.2, 0.25) is 0 Å². The van der Waals surface area contributed by atoms with Crippen molar-refractivity contribution in [3.63, 3.8) is 0 Å². The zero-order chi connectivity index (χ0) is 13.0. The molecule has 0 radical (unpaired) electrons. The fourth-order valence-electron chi connectivity index (χ4n) is 2.19. The number of ether oxygens (including phenoxy) is 1. The summed E-state index contributed by atoms with van der Waals surface area (Å²) in [6.07, 6.45) is 0. The summed E-state index contributed by atoms with van der Waals surface area (Å²) in [4.78, 5) is 3.64. The summed E-state index contributed by atoms with van der Waals surface area (Å²) < 4.78 is 5.27. The van der Waals surface area contributed by atoms with E-state index in [2.05, 4.69) is 36.8 Å². The van der Waals surface area contributed by atoms with E-state index >= 15 is 0 Å². The quantitative estimate of drug-likeness (QED) is 0.839. The molecule has 4 heteroatoms. The van der Waals surface area contributed by atoms with E-state index in [1.54, 1.807) is 11.3 Å². The van der Waals surface area contributed by atoms with E-state index in [9.17, 15) is 0 Å². The van der Waals surface area contributed by atoms with Gasteiger partial charge in [0.25, 0.3) is 0 Å². The lowest BCUT2D eigenvalue weighted by Gasteiger charge is -2.40. The highest BCUT2D eigenvalue weighted by Crippen LogP contribution is 2.28. The third kappa shape index (κ3) is 3.56. The first-order valence-corrected chi connectivity index (χ1v) is 6.93. The van der Waals surface area contributed by atoms with Crippen molar-refractivity contribution in [3.8, 4) is 11.8 Å². The minimum Gasteiger partial charge on any atom is -0.384 e. The van der Waals surface area contributed by atoms with Gasteiger partial charge in [-0.25, -0.2) is 0 Å². The van der Waals surface area contributed by atoms with Crippen molar-refractivity contribution in [1.82, 2.24) is 4.90 Å². The summed E-state index contributed by atoms with van der Waals surface area (Å²) in [6, 6.07) is 2.10. The third-order valence-corrected chi connectivity index (χ3v) is 3.87. The molecule has 0 atom stereocenters. The molecule has 0 spiro atoms. The van der Waals surface area contributed by atoms with Gasteiger partial charge >= 0.3 is 0 Å². The molecule has 1 aromatic rings. The van der Waals surface area contributed by atoms with Gasteiger partial charge in [-0.3, -0.25) is 0 Å². The lowest BCUT2D eigenvalue weighted by molar-refractivity contribution is -0.113. The number of aliphatic hydroxyl groups excluding tert-OH is 1. The summed E-state index contributed by atoms with van der Waals surface area (Å²) >= 11 is 1.72. The fourth-order valence-corrected chi connectivity index (χ4v) is 3.08. The van der Waals surface area contributed by atoms with Gasteiger partial charge in [0.05, 0.1) is 13.2 Å². The van der Waals surface area contributed by atoms with Crippen molar-refractivity contribution < 1.29 is 9.84 Å². The van der Waals surface area contributed by atoms with Crippen LogP contribution in [0.4, 0.5) is 0 Å². The van der Waals surface area contributed by atoms with Gasteiger partial charge in [-0.2, -0.15) is 0 Å². The van der Waals surface area contributed by atoms with Gasteiger partial charge in [0, 0.05) is 34.3 Å². The van der Waals surface area contributed by atoms with Crippen molar-refractivity contribution in [3.05, 3.63) is 21.9 Å². The second-order valence-electron chi connectivity index (χ2n) is 5.24. The summed E-state index contributed by atoms with van der Waals surface area (Å²) in [5.41, 5.74) is 1.32. The Morgan fingerprint density at radius 2 is 2.33 bits per heavy atom. The molecular formula is C14H19NO2S. The first-order valence-electron chi connectivity index (χ1n) is 6.05. The third-order valence-electron chi connectivity index (χ3n) is 2.94. The standard InChI is InChI=1S/C14H19NO2S/c1-14(10-17-11-14)9-15(2)7-13-6-12(8-18-13)4-3-5-16/h6,8,16H,5,7,9-11H2,1-2H3. The summed E-state index contributed by atoms with van der Waals surface area (Å²) in [5.74, 6) is 5.60. The molecule has 0 aliphatic carbocycles. The molecule has 0 aromatic carbocycles. The Morgan fingerprint density at radius 1 is 1.56 bits per heavy atom. The van der Waals surface area contributed by atoms with E-state index < -0.39 is 0 Å². The smallest absolute Gasteiger partial charge is 0.104 e. The molecule has 98 valence electrons. The highest BCUT2D eigenvalue weighted by Gasteiger charge is 2.34. The number of aliphatic hydroxyl groups is 1. The molecule has 0 bridgehead atoms. The van der Waals surface area contributed by atoms with Crippen molar-refractivity contribution >= 4 is 11.3 Å². The highest BCUT2D eigenvalue weighted by atomic mass is 32.1. The fraction of sp³-hybridized carbons (Fsp3) is 0.571. The van der Waals surface area contributed by atoms with E-state index in [0.29, 0.717) is 5.41 Å². The minimum atomic E-state index is -0.0799. The minimum absolute atomic E-state index is 0.0799. The van der Waals surface area contributed by atoms with Crippen LogP contribution in [0.25, 0.3) is 0 Å². The molecule has 0 amide bonds. The predicted octanol–water partition coefficient (Wildman–Crippen LogP) is 1.56. The van der Waals surface area contributed by atoms with Crippen molar-refractivity contribution in [2.75, 3.05) is 33.4 Å². The van der Waals surface area contributed by atoms with E-state index in [4.69, 9.17) is 9.84 Å². The molecule has 3 nitrogen and oxygen atoms in total. The molecule has 0 saturated carbocycles. The first-order chi connectivity index (χ1) is 8.61. The average molecular weight is 265 g/mol. The Kier molecular flexibility index (Phi) is 4.41. The Hall–Kier alpha value is -0.860. The number of rotatable bonds is 4. The maximum Gasteiger partial charge on any atom is 0.104 e. The topological polar surface area (TPSA) is 32.7 Å². The van der Waals surface area contributed by atoms with Crippen LogP contribution in [0.2, 0.25) is 0 Å². The van der Waals surface area contributed by atoms with Crippen LogP contribution < -0.4 is 0 Å². The molecule has 1 aliphatic rings. The van der Waals surface area contributed by atoms with Crippen LogP contribution in [0.5, 0.6) is 0 Å². The Morgan fingerprint density at radius 3 is 2.94 bits per heavy atom. The van der Waals surface area contributed by atoms with Crippen molar-refractivity contribution in [2.45, 2.75) is 13.5 Å². The Balaban J connectivity index is 1.86. The number of hydrogen-bond acceptors (Lipinski definition) is 4. The number of hydrogen-bond donors (Lipinski definition) is 1. The van der Waals surface area contributed by atoms with Gasteiger partial charge in [-0.1, -0.05) is 18.8 Å². The summed E-state index contributed by atoms with van der Waals surface area (Å²) in [7, 11) is 2.14. The summed E-state index contributed by atoms with van der Waals surface area (Å²) in [5, 5.41) is 10.7. The SMILES string of the molecule is CN(Cc1cc(C#CCO)cs1)CC1(C)COC1. The maximum atomic E-state index is 8.65. The van der Waals surface area contributed by atoms with E-state index in [1.807, 2.05) is 5.38 Å². The highest BCUT2D eigenvalue weighted by molar-refractivity contribution is 7.10. The van der Waals surface area contributed by atoms with Crippen LogP contribution in [0, 0.1) is 17.3 Å². The second kappa shape index (κ2) is 5.85. The largest absolute Gasteiger partial charge is 0.384 e. The van der Waals surface area contributed by atoms with Gasteiger partial charge in [-0.05, 0) is 13.1 Å². The van der Waals surface area contributed by atoms with Crippen molar-refractivity contribution in [1.29, 1.82) is 0 Å². The average Bonchev–Trinajstić information content (AvgIpc) is 2.71. The summed E-state index contributed by atoms with van der Waals surface area (Å²) in [6.45, 7) is 5.93. The second-order valence-corrected chi connectivity index (χ2v) is 6.23. The number of nitrogens with zero attached hydrogens (tertiary/aromatic N) is 1. The monoisotopic (exact) mass is 265 g/mol. The zero-order valence-corrected chi connectivity index (χ0v) is 11.7. The molecule has 0 unspecified atom stereocenters. The molecule has 1 aromatic heterocycles. The van der Waals surface area contributed by atoms with E-state index in [-0.39, 0.29) is 6.61 Å². The Bertz CT molecular complexity index is 454. The molecule has 1 N–H and O–H groups in total. The zero-order valence-electron chi connectivity index (χ0n) is 10.9. The molecular weight excluding hydrogens is 246 g/mol. The van der Waals surface area contributed by atoms with Crippen molar-refractivity contribution in [2.24, 2.45) is 5.41 Å². The van der Waals surface area contributed by atoms with Crippen LogP contribution in [-0.4, -0.2) is 43.4 Å². The lowest BCUT2D eigenvalue weighted by Crippen LogP contribution is -2.47. The normalized spacial score (nSPS) is 17.1. The molecule has 18 heavy (non-hydrogen) atoms. The van der Waals surface area contributed by atoms with E-state index in [0.717, 1.165) is 31.9 Å². The van der Waals surface area contributed by atoms with Crippen LogP contribution in [-0.2, 0) is 11.3 Å². The lowest BCUT2D eigenvalue weighted by atomic mass is 9.88. The molecule has 1 aliphatic heterocycles. The molecule has 2 heterocycles. The number of thiophene rings is 1. The maximum absolute atomic E-state index is 8.65. The molecule has 1 fully saturated rings. The van der Waals surface area contributed by atoms with Gasteiger partial charge < -0.3 is 14.7 Å². The molecule has 2 rings (SSSR count). The van der Waals surface area contributed by atoms with Crippen LogP contribution >= 0.6 is 11.3 Å². The Labute approximate surface area is 112 Å². The van der Waals surface area contributed by atoms with Crippen LogP contribution in [0.15, 0.2) is 11.4 Å². The van der Waals surface area contributed by atoms with Crippen LogP contribution in [0.3, 0.4) is 0 Å². The first kappa shape index (κ1) is 13.6.